The third-order valence-electron chi connectivity index (χ3n) is 2.21. The molecule has 96 valence electrons. The van der Waals surface area contributed by atoms with Crippen LogP contribution in [-0.2, 0) is 0 Å². The highest BCUT2D eigenvalue weighted by atomic mass is 16.5. The Morgan fingerprint density at radius 1 is 1.39 bits per heavy atom. The summed E-state index contributed by atoms with van der Waals surface area (Å²) in [5, 5.41) is 5.31. The zero-order valence-electron chi connectivity index (χ0n) is 10.4. The van der Waals surface area contributed by atoms with Gasteiger partial charge in [0.25, 0.3) is 0 Å². The predicted molar refractivity (Wildman–Crippen MR) is 70.0 cm³/mol. The lowest BCUT2D eigenvalue weighted by Crippen LogP contribution is -2.29. The number of nitrogens with one attached hydrogen (secondary N) is 2. The van der Waals surface area contributed by atoms with Gasteiger partial charge in [-0.3, -0.25) is 0 Å². The van der Waals surface area contributed by atoms with Gasteiger partial charge < -0.3 is 20.1 Å². The number of hydrogen-bond donors (Lipinski definition) is 2. The minimum atomic E-state index is -0.325. The average molecular weight is 248 g/mol. The highest BCUT2D eigenvalue weighted by Crippen LogP contribution is 2.28. The fraction of sp³-hybridized carbons (Fsp3) is 0.308. The maximum Gasteiger partial charge on any atom is 0.319 e. The van der Waals surface area contributed by atoms with Crippen LogP contribution in [0.25, 0.3) is 0 Å². The Kier molecular flexibility index (Phi) is 5.39. The highest BCUT2D eigenvalue weighted by molar-refractivity contribution is 5.91. The van der Waals surface area contributed by atoms with Crippen LogP contribution in [0.1, 0.15) is 6.42 Å². The van der Waals surface area contributed by atoms with Crippen LogP contribution in [0.5, 0.6) is 11.5 Å². The van der Waals surface area contributed by atoms with Gasteiger partial charge in [0.05, 0.1) is 19.9 Å². The van der Waals surface area contributed by atoms with Gasteiger partial charge in [-0.15, -0.1) is 12.3 Å². The minimum absolute atomic E-state index is 0.325. The van der Waals surface area contributed by atoms with E-state index in [1.807, 2.05) is 0 Å². The summed E-state index contributed by atoms with van der Waals surface area (Å²) in [4.78, 5) is 11.5. The number of hydrogen-bond acceptors (Lipinski definition) is 3. The van der Waals surface area contributed by atoms with E-state index in [4.69, 9.17) is 15.9 Å². The molecule has 1 rings (SSSR count). The molecule has 0 atom stereocenters. The maximum atomic E-state index is 11.5. The number of benzene rings is 1. The van der Waals surface area contributed by atoms with Crippen LogP contribution in [-0.4, -0.2) is 26.8 Å². The van der Waals surface area contributed by atoms with Crippen LogP contribution < -0.4 is 20.1 Å². The van der Waals surface area contributed by atoms with Crippen molar-refractivity contribution >= 4 is 11.7 Å². The molecule has 0 radical (unpaired) electrons. The van der Waals surface area contributed by atoms with Crippen molar-refractivity contribution in [2.24, 2.45) is 0 Å². The number of anilines is 1. The van der Waals surface area contributed by atoms with Crippen LogP contribution in [0, 0.1) is 12.3 Å². The molecule has 0 bridgehead atoms. The van der Waals surface area contributed by atoms with Crippen molar-refractivity contribution in [2.75, 3.05) is 26.1 Å². The molecule has 0 aliphatic heterocycles. The summed E-state index contributed by atoms with van der Waals surface area (Å²) in [7, 11) is 3.09. The van der Waals surface area contributed by atoms with Crippen LogP contribution in [0.4, 0.5) is 10.5 Å². The molecular weight excluding hydrogens is 232 g/mol. The van der Waals surface area contributed by atoms with E-state index in [1.165, 1.54) is 7.11 Å². The Hall–Kier alpha value is -2.35. The fourth-order valence-corrected chi connectivity index (χ4v) is 1.32. The first-order chi connectivity index (χ1) is 8.71. The molecule has 1 aromatic rings. The van der Waals surface area contributed by atoms with Gasteiger partial charge in [-0.1, -0.05) is 0 Å². The SMILES string of the molecule is C#CCCNC(=O)Nc1ccc(OC)cc1OC. The number of terminal acetylenes is 1. The average Bonchev–Trinajstić information content (AvgIpc) is 2.39. The van der Waals surface area contributed by atoms with Crippen LogP contribution >= 0.6 is 0 Å². The normalized spacial score (nSPS) is 9.17. The van der Waals surface area contributed by atoms with E-state index in [0.717, 1.165) is 0 Å². The molecule has 0 aliphatic carbocycles. The first-order valence-electron chi connectivity index (χ1n) is 5.41. The summed E-state index contributed by atoms with van der Waals surface area (Å²) in [6, 6.07) is 4.81. The van der Waals surface area contributed by atoms with Gasteiger partial charge in [0, 0.05) is 19.0 Å². The van der Waals surface area contributed by atoms with Crippen molar-refractivity contribution in [2.45, 2.75) is 6.42 Å². The highest BCUT2D eigenvalue weighted by Gasteiger charge is 2.07. The second kappa shape index (κ2) is 7.07. The van der Waals surface area contributed by atoms with Crippen molar-refractivity contribution in [3.05, 3.63) is 18.2 Å². The van der Waals surface area contributed by atoms with Crippen molar-refractivity contribution in [3.8, 4) is 23.8 Å². The molecule has 5 nitrogen and oxygen atoms in total. The first-order valence-corrected chi connectivity index (χ1v) is 5.41. The standard InChI is InChI=1S/C13H16N2O3/c1-4-5-8-14-13(16)15-11-7-6-10(17-2)9-12(11)18-3/h1,6-7,9H,5,8H2,2-3H3,(H2,14,15,16). The fourth-order valence-electron chi connectivity index (χ4n) is 1.32. The summed E-state index contributed by atoms with van der Waals surface area (Å²) in [5.74, 6) is 3.63. The van der Waals surface area contributed by atoms with Gasteiger partial charge in [0.2, 0.25) is 0 Å². The van der Waals surface area contributed by atoms with Crippen LogP contribution in [0.15, 0.2) is 18.2 Å². The molecule has 5 heteroatoms. The summed E-state index contributed by atoms with van der Waals surface area (Å²) in [5.41, 5.74) is 0.566. The molecule has 1 aromatic carbocycles. The Labute approximate surface area is 106 Å². The smallest absolute Gasteiger partial charge is 0.319 e. The minimum Gasteiger partial charge on any atom is -0.497 e. The lowest BCUT2D eigenvalue weighted by molar-refractivity contribution is 0.252. The van der Waals surface area contributed by atoms with Crippen molar-refractivity contribution in [1.29, 1.82) is 0 Å². The molecule has 18 heavy (non-hydrogen) atoms. The number of methoxy groups -OCH3 is 2. The first kappa shape index (κ1) is 13.7. The summed E-state index contributed by atoms with van der Waals surface area (Å²) >= 11 is 0. The largest absolute Gasteiger partial charge is 0.497 e. The maximum absolute atomic E-state index is 11.5. The predicted octanol–water partition coefficient (Wildman–Crippen LogP) is 1.85. The Morgan fingerprint density at radius 2 is 2.17 bits per heavy atom. The van der Waals surface area contributed by atoms with E-state index < -0.39 is 0 Å². The van der Waals surface area contributed by atoms with E-state index in [0.29, 0.717) is 30.2 Å². The van der Waals surface area contributed by atoms with Gasteiger partial charge in [-0.2, -0.15) is 0 Å². The third kappa shape index (κ3) is 3.91. The Balaban J connectivity index is 2.66. The summed E-state index contributed by atoms with van der Waals surface area (Å²) in [6.45, 7) is 0.431. The van der Waals surface area contributed by atoms with Crippen LogP contribution in [0.2, 0.25) is 0 Å². The molecule has 2 amide bonds. The molecule has 0 heterocycles. The quantitative estimate of drug-likeness (QED) is 0.617. The molecular formula is C13H16N2O3. The summed E-state index contributed by atoms with van der Waals surface area (Å²) in [6.07, 6.45) is 5.58. The number of rotatable bonds is 5. The van der Waals surface area contributed by atoms with Gasteiger partial charge in [-0.25, -0.2) is 4.79 Å². The monoisotopic (exact) mass is 248 g/mol. The number of carbonyl (C=O) groups excluding carboxylic acids is 1. The van der Waals surface area contributed by atoms with Crippen molar-refractivity contribution in [3.63, 3.8) is 0 Å². The Morgan fingerprint density at radius 3 is 2.78 bits per heavy atom. The lowest BCUT2D eigenvalue weighted by Gasteiger charge is -2.11. The Bertz CT molecular complexity index is 452. The van der Waals surface area contributed by atoms with E-state index in [2.05, 4.69) is 16.6 Å². The molecule has 0 unspecified atom stereocenters. The molecule has 0 spiro atoms. The molecule has 2 N–H and O–H groups in total. The van der Waals surface area contributed by atoms with Crippen molar-refractivity contribution < 1.29 is 14.3 Å². The number of ether oxygens (including phenoxy) is 2. The van der Waals surface area contributed by atoms with E-state index in [1.54, 1.807) is 25.3 Å². The summed E-state index contributed by atoms with van der Waals surface area (Å²) < 4.78 is 10.2. The zero-order chi connectivity index (χ0) is 13.4. The van der Waals surface area contributed by atoms with E-state index in [-0.39, 0.29) is 6.03 Å². The molecule has 0 aliphatic rings. The molecule has 0 saturated carbocycles. The van der Waals surface area contributed by atoms with Gasteiger partial charge in [0.1, 0.15) is 11.5 Å². The molecule has 0 fully saturated rings. The van der Waals surface area contributed by atoms with Gasteiger partial charge >= 0.3 is 6.03 Å². The second-order valence-corrected chi connectivity index (χ2v) is 3.40. The van der Waals surface area contributed by atoms with E-state index >= 15 is 0 Å². The third-order valence-corrected chi connectivity index (χ3v) is 2.21. The zero-order valence-corrected chi connectivity index (χ0v) is 10.4. The van der Waals surface area contributed by atoms with Crippen LogP contribution in [0.3, 0.4) is 0 Å². The molecule has 0 aromatic heterocycles. The van der Waals surface area contributed by atoms with E-state index in [9.17, 15) is 4.79 Å². The number of urea groups is 1. The molecule has 0 saturated heterocycles. The van der Waals surface area contributed by atoms with Crippen molar-refractivity contribution in [1.82, 2.24) is 5.32 Å². The second-order valence-electron chi connectivity index (χ2n) is 3.40. The topological polar surface area (TPSA) is 59.6 Å². The van der Waals surface area contributed by atoms with Gasteiger partial charge in [0.15, 0.2) is 0 Å². The van der Waals surface area contributed by atoms with Gasteiger partial charge in [-0.05, 0) is 12.1 Å². The number of carbonyl (C=O) groups is 1. The lowest BCUT2D eigenvalue weighted by atomic mass is 10.2. The number of amides is 2.